The molecule has 1 aliphatic heterocycles. The number of nitrogens with zero attached hydrogens (tertiary/aromatic N) is 2. The number of hydrogen-bond donors (Lipinski definition) is 2. The summed E-state index contributed by atoms with van der Waals surface area (Å²) in [6.45, 7) is 5.78. The molecule has 26 heavy (non-hydrogen) atoms. The average Bonchev–Trinajstić information content (AvgIpc) is 2.54. The first kappa shape index (κ1) is 22.8. The summed E-state index contributed by atoms with van der Waals surface area (Å²) in [6, 6.07) is 5.74. The highest BCUT2D eigenvalue weighted by Gasteiger charge is 2.32. The second-order valence-corrected chi connectivity index (χ2v) is 6.36. The largest absolute Gasteiger partial charge is 0.573 e. The number of hydrogen-bond acceptors (Lipinski definition) is 3. The zero-order valence-electron chi connectivity index (χ0n) is 14.8. The van der Waals surface area contributed by atoms with Crippen molar-refractivity contribution in [3.8, 4) is 5.75 Å². The lowest BCUT2D eigenvalue weighted by atomic mass is 10.1. The van der Waals surface area contributed by atoms with Gasteiger partial charge in [-0.1, -0.05) is 25.5 Å². The second kappa shape index (κ2) is 10.8. The third kappa shape index (κ3) is 8.43. The zero-order chi connectivity index (χ0) is 18.3. The Kier molecular flexibility index (Phi) is 9.48. The maximum absolute atomic E-state index is 12.4. The number of ether oxygens (including phenoxy) is 1. The van der Waals surface area contributed by atoms with E-state index in [1.807, 2.05) is 0 Å². The molecule has 1 atom stereocenters. The second-order valence-electron chi connectivity index (χ2n) is 6.36. The summed E-state index contributed by atoms with van der Waals surface area (Å²) in [5, 5.41) is 2.68. The molecule has 0 spiro atoms. The van der Waals surface area contributed by atoms with Crippen LogP contribution in [0.5, 0.6) is 5.75 Å². The Balaban J connectivity index is 0.00000338. The molecule has 3 N–H and O–H groups in total. The van der Waals surface area contributed by atoms with Crippen LogP contribution in [0.15, 0.2) is 29.3 Å². The number of aliphatic imine (C=N–C) groups is 1. The van der Waals surface area contributed by atoms with Gasteiger partial charge in [-0.25, -0.2) is 0 Å². The van der Waals surface area contributed by atoms with Gasteiger partial charge in [0.1, 0.15) is 0 Å². The third-order valence-corrected chi connectivity index (χ3v) is 3.97. The first-order chi connectivity index (χ1) is 11.8. The fraction of sp³-hybridized carbons (Fsp3) is 0.588. The van der Waals surface area contributed by atoms with Gasteiger partial charge >= 0.3 is 6.36 Å². The predicted octanol–water partition coefficient (Wildman–Crippen LogP) is 4.05. The molecule has 1 aliphatic rings. The lowest BCUT2D eigenvalue weighted by Crippen LogP contribution is -2.34. The minimum Gasteiger partial charge on any atom is -0.404 e. The molecule has 0 bridgehead atoms. The van der Waals surface area contributed by atoms with Crippen LogP contribution in [0.2, 0.25) is 0 Å². The first-order valence-electron chi connectivity index (χ1n) is 8.47. The maximum Gasteiger partial charge on any atom is 0.573 e. The number of halogens is 4. The zero-order valence-corrected chi connectivity index (χ0v) is 17.1. The highest BCUT2D eigenvalue weighted by atomic mass is 127. The molecule has 0 saturated carbocycles. The number of nitrogens with one attached hydrogen (secondary N) is 1. The van der Waals surface area contributed by atoms with Crippen molar-refractivity contribution in [1.82, 2.24) is 4.90 Å². The lowest BCUT2D eigenvalue weighted by Gasteiger charge is -2.28. The van der Waals surface area contributed by atoms with Crippen LogP contribution in [-0.4, -0.2) is 43.4 Å². The van der Waals surface area contributed by atoms with Crippen LogP contribution in [-0.2, 0) is 0 Å². The van der Waals surface area contributed by atoms with Gasteiger partial charge in [0.2, 0.25) is 0 Å². The molecule has 2 rings (SSSR count). The number of nitrogens with two attached hydrogens (primary N) is 1. The van der Waals surface area contributed by atoms with Gasteiger partial charge in [-0.2, -0.15) is 0 Å². The monoisotopic (exact) mass is 486 g/mol. The van der Waals surface area contributed by atoms with Crippen molar-refractivity contribution >= 4 is 35.6 Å². The molecule has 5 nitrogen and oxygen atoms in total. The van der Waals surface area contributed by atoms with Crippen LogP contribution in [0.3, 0.4) is 0 Å². The molecular weight excluding hydrogens is 460 g/mol. The van der Waals surface area contributed by atoms with Gasteiger partial charge in [0.25, 0.3) is 0 Å². The van der Waals surface area contributed by atoms with Gasteiger partial charge < -0.3 is 20.7 Å². The van der Waals surface area contributed by atoms with Crippen LogP contribution in [0.4, 0.5) is 18.9 Å². The van der Waals surface area contributed by atoms with Gasteiger partial charge in [-0.3, -0.25) is 4.99 Å². The molecule has 1 aromatic rings. The molecule has 148 valence electrons. The molecular formula is C17H26F3IN4O. The van der Waals surface area contributed by atoms with E-state index in [-0.39, 0.29) is 41.4 Å². The summed E-state index contributed by atoms with van der Waals surface area (Å²) >= 11 is 0. The molecule has 0 aliphatic carbocycles. The standard InChI is InChI=1S/C17H25F3N4O.HI/c1-13(12-24-9-5-2-6-10-24)11-22-16(21)23-14-7-3-4-8-15(14)25-17(18,19)20;/h3-4,7-8,13H,2,5-6,9-12H2,1H3,(H3,21,22,23);1H. The van der Waals surface area contributed by atoms with Crippen LogP contribution in [0.25, 0.3) is 0 Å². The van der Waals surface area contributed by atoms with Gasteiger partial charge in [0.15, 0.2) is 11.7 Å². The normalized spacial score (nSPS) is 17.3. The van der Waals surface area contributed by atoms with Crippen molar-refractivity contribution in [3.05, 3.63) is 24.3 Å². The molecule has 1 unspecified atom stereocenters. The molecule has 0 amide bonds. The van der Waals surface area contributed by atoms with Gasteiger partial charge in [-0.05, 0) is 44.0 Å². The highest BCUT2D eigenvalue weighted by molar-refractivity contribution is 14.0. The summed E-state index contributed by atoms with van der Waals surface area (Å²) in [4.78, 5) is 6.66. The number of guanidine groups is 1. The summed E-state index contributed by atoms with van der Waals surface area (Å²) in [5.41, 5.74) is 5.94. The number of benzene rings is 1. The summed E-state index contributed by atoms with van der Waals surface area (Å²) in [5.74, 6) is 0.0540. The number of anilines is 1. The highest BCUT2D eigenvalue weighted by Crippen LogP contribution is 2.29. The number of para-hydroxylation sites is 2. The fourth-order valence-electron chi connectivity index (χ4n) is 2.86. The number of likely N-dealkylation sites (tertiary alicyclic amines) is 1. The Hall–Kier alpha value is -1.23. The van der Waals surface area contributed by atoms with E-state index in [2.05, 4.69) is 26.9 Å². The van der Waals surface area contributed by atoms with Crippen LogP contribution >= 0.6 is 24.0 Å². The molecule has 1 heterocycles. The lowest BCUT2D eigenvalue weighted by molar-refractivity contribution is -0.274. The SMILES string of the molecule is CC(CN=C(N)Nc1ccccc1OC(F)(F)F)CN1CCCCC1.I. The Morgan fingerprint density at radius 3 is 2.58 bits per heavy atom. The molecule has 1 fully saturated rings. The van der Waals surface area contributed by atoms with Crippen LogP contribution in [0.1, 0.15) is 26.2 Å². The van der Waals surface area contributed by atoms with E-state index in [0.29, 0.717) is 12.5 Å². The summed E-state index contributed by atoms with van der Waals surface area (Å²) in [6.07, 6.45) is -1.00. The van der Waals surface area contributed by atoms with E-state index < -0.39 is 6.36 Å². The number of rotatable bonds is 6. The third-order valence-electron chi connectivity index (χ3n) is 3.97. The van der Waals surface area contributed by atoms with Gasteiger partial charge in [-0.15, -0.1) is 37.1 Å². The molecule has 0 radical (unpaired) electrons. The van der Waals surface area contributed by atoms with E-state index >= 15 is 0 Å². The Labute approximate surface area is 169 Å². The minimum absolute atomic E-state index is 0. The van der Waals surface area contributed by atoms with Crippen molar-refractivity contribution in [1.29, 1.82) is 0 Å². The van der Waals surface area contributed by atoms with Gasteiger partial charge in [0, 0.05) is 13.1 Å². The topological polar surface area (TPSA) is 62.9 Å². The molecule has 1 saturated heterocycles. The van der Waals surface area contributed by atoms with E-state index in [4.69, 9.17) is 5.73 Å². The maximum atomic E-state index is 12.4. The Bertz CT molecular complexity index is 577. The smallest absolute Gasteiger partial charge is 0.404 e. The van der Waals surface area contributed by atoms with Crippen molar-refractivity contribution in [2.75, 3.05) is 31.5 Å². The quantitative estimate of drug-likeness (QED) is 0.362. The minimum atomic E-state index is -4.76. The first-order valence-corrected chi connectivity index (χ1v) is 8.47. The predicted molar refractivity (Wildman–Crippen MR) is 108 cm³/mol. The van der Waals surface area contributed by atoms with Crippen molar-refractivity contribution in [2.45, 2.75) is 32.5 Å². The van der Waals surface area contributed by atoms with Crippen LogP contribution in [0, 0.1) is 5.92 Å². The molecule has 0 aromatic heterocycles. The van der Waals surface area contributed by atoms with Crippen LogP contribution < -0.4 is 15.8 Å². The average molecular weight is 486 g/mol. The van der Waals surface area contributed by atoms with Crippen molar-refractivity contribution in [3.63, 3.8) is 0 Å². The van der Waals surface area contributed by atoms with Crippen molar-refractivity contribution < 1.29 is 17.9 Å². The van der Waals surface area contributed by atoms with Crippen molar-refractivity contribution in [2.24, 2.45) is 16.6 Å². The number of piperidine rings is 1. The Morgan fingerprint density at radius 2 is 1.92 bits per heavy atom. The summed E-state index contributed by atoms with van der Waals surface area (Å²) in [7, 11) is 0. The van der Waals surface area contributed by atoms with E-state index in [1.54, 1.807) is 6.07 Å². The fourth-order valence-corrected chi connectivity index (χ4v) is 2.86. The van der Waals surface area contributed by atoms with E-state index in [1.165, 1.54) is 37.5 Å². The number of alkyl halides is 3. The molecule has 9 heteroatoms. The van der Waals surface area contributed by atoms with E-state index in [0.717, 1.165) is 19.6 Å². The Morgan fingerprint density at radius 1 is 1.27 bits per heavy atom. The molecule has 1 aromatic carbocycles. The van der Waals surface area contributed by atoms with E-state index in [9.17, 15) is 13.2 Å². The van der Waals surface area contributed by atoms with Gasteiger partial charge in [0.05, 0.1) is 5.69 Å². The summed E-state index contributed by atoms with van der Waals surface area (Å²) < 4.78 is 41.2.